The first-order valence-corrected chi connectivity index (χ1v) is 10.4. The smallest absolute Gasteiger partial charge is 0.340 e. The molecule has 0 heterocycles. The van der Waals surface area contributed by atoms with Gasteiger partial charge in [0.15, 0.2) is 11.5 Å². The second kappa shape index (κ2) is 9.67. The molecule has 0 fully saturated rings. The van der Waals surface area contributed by atoms with Crippen LogP contribution < -0.4 is 19.1 Å². The van der Waals surface area contributed by atoms with Crippen molar-refractivity contribution >= 4 is 33.5 Å². The number of esters is 1. The molecule has 0 bridgehead atoms. The highest BCUT2D eigenvalue weighted by molar-refractivity contribution is 7.90. The molecule has 0 aliphatic carbocycles. The maximum absolute atomic E-state index is 12.7. The van der Waals surface area contributed by atoms with E-state index in [0.717, 1.165) is 8.61 Å². The predicted octanol–water partition coefficient (Wildman–Crippen LogP) is 1.99. The van der Waals surface area contributed by atoms with E-state index in [4.69, 9.17) is 14.2 Å². The number of carbonyl (C=O) groups excluding carboxylic acids is 2. The number of amides is 1. The van der Waals surface area contributed by atoms with Crippen molar-refractivity contribution in [1.82, 2.24) is 4.31 Å². The number of nitrogens with one attached hydrogen (secondary N) is 1. The molecular formula is C20H25N3O7S. The summed E-state index contributed by atoms with van der Waals surface area (Å²) >= 11 is 0. The minimum absolute atomic E-state index is 0.0851. The van der Waals surface area contributed by atoms with Crippen molar-refractivity contribution in [2.75, 3.05) is 52.1 Å². The summed E-state index contributed by atoms with van der Waals surface area (Å²) < 4.78 is 41.9. The zero-order valence-electron chi connectivity index (χ0n) is 18.1. The topological polar surface area (TPSA) is 114 Å². The maximum Gasteiger partial charge on any atom is 0.340 e. The van der Waals surface area contributed by atoms with Crippen molar-refractivity contribution < 1.29 is 32.2 Å². The van der Waals surface area contributed by atoms with Gasteiger partial charge in [-0.15, -0.1) is 0 Å². The molecule has 168 valence electrons. The second-order valence-corrected chi connectivity index (χ2v) is 8.68. The van der Waals surface area contributed by atoms with E-state index >= 15 is 0 Å². The normalized spacial score (nSPS) is 11.1. The van der Waals surface area contributed by atoms with Gasteiger partial charge >= 0.3 is 16.2 Å². The lowest BCUT2D eigenvalue weighted by molar-refractivity contribution is 0.0601. The molecule has 1 amide bonds. The van der Waals surface area contributed by atoms with Crippen LogP contribution in [-0.4, -0.2) is 67.1 Å². The van der Waals surface area contributed by atoms with E-state index in [9.17, 15) is 18.0 Å². The maximum atomic E-state index is 12.7. The van der Waals surface area contributed by atoms with Crippen LogP contribution in [0.3, 0.4) is 0 Å². The van der Waals surface area contributed by atoms with Gasteiger partial charge < -0.3 is 19.5 Å². The van der Waals surface area contributed by atoms with Gasteiger partial charge in [-0.05, 0) is 24.3 Å². The zero-order valence-corrected chi connectivity index (χ0v) is 18.9. The van der Waals surface area contributed by atoms with Crippen LogP contribution in [0.5, 0.6) is 11.5 Å². The lowest BCUT2D eigenvalue weighted by Gasteiger charge is -2.23. The Morgan fingerprint density at radius 2 is 1.45 bits per heavy atom. The van der Waals surface area contributed by atoms with Crippen LogP contribution >= 0.6 is 0 Å². The molecule has 0 radical (unpaired) electrons. The fourth-order valence-corrected chi connectivity index (χ4v) is 3.53. The Labute approximate surface area is 181 Å². The van der Waals surface area contributed by atoms with Crippen LogP contribution in [-0.2, 0) is 14.9 Å². The summed E-state index contributed by atoms with van der Waals surface area (Å²) in [4.78, 5) is 24.9. The Kier molecular flexibility index (Phi) is 7.47. The monoisotopic (exact) mass is 451 g/mol. The summed E-state index contributed by atoms with van der Waals surface area (Å²) in [5.74, 6) is -0.559. The summed E-state index contributed by atoms with van der Waals surface area (Å²) in [6.45, 7) is 0. The van der Waals surface area contributed by atoms with Gasteiger partial charge in [0.05, 0.1) is 38.3 Å². The first-order valence-electron chi connectivity index (χ1n) is 8.99. The first kappa shape index (κ1) is 24.0. The first-order chi connectivity index (χ1) is 14.6. The molecule has 11 heteroatoms. The Balaban J connectivity index is 2.34. The average molecular weight is 452 g/mol. The van der Waals surface area contributed by atoms with Crippen molar-refractivity contribution in [2.45, 2.75) is 0 Å². The average Bonchev–Trinajstić information content (AvgIpc) is 2.77. The molecule has 0 aliphatic heterocycles. The predicted molar refractivity (Wildman–Crippen MR) is 116 cm³/mol. The van der Waals surface area contributed by atoms with Crippen molar-refractivity contribution in [3.05, 3.63) is 47.5 Å². The van der Waals surface area contributed by atoms with Gasteiger partial charge in [0.2, 0.25) is 0 Å². The van der Waals surface area contributed by atoms with Crippen LogP contribution in [0.1, 0.15) is 20.7 Å². The highest BCUT2D eigenvalue weighted by Crippen LogP contribution is 2.34. The van der Waals surface area contributed by atoms with Gasteiger partial charge in [-0.2, -0.15) is 12.7 Å². The van der Waals surface area contributed by atoms with Crippen molar-refractivity contribution in [3.8, 4) is 11.5 Å². The fraction of sp³-hybridized carbons (Fsp3) is 0.300. The van der Waals surface area contributed by atoms with Crippen LogP contribution in [0.2, 0.25) is 0 Å². The van der Waals surface area contributed by atoms with Crippen LogP contribution in [0.15, 0.2) is 36.4 Å². The van der Waals surface area contributed by atoms with Gasteiger partial charge in [-0.3, -0.25) is 9.10 Å². The van der Waals surface area contributed by atoms with Crippen LogP contribution in [0.4, 0.5) is 11.4 Å². The fourth-order valence-electron chi connectivity index (χ4n) is 2.66. The molecule has 0 saturated heterocycles. The summed E-state index contributed by atoms with van der Waals surface area (Å²) in [6.07, 6.45) is 0. The van der Waals surface area contributed by atoms with Crippen molar-refractivity contribution in [1.29, 1.82) is 0 Å². The number of methoxy groups -OCH3 is 3. The van der Waals surface area contributed by atoms with E-state index in [1.54, 1.807) is 0 Å². The van der Waals surface area contributed by atoms with E-state index < -0.39 is 22.1 Å². The van der Waals surface area contributed by atoms with E-state index in [2.05, 4.69) is 5.32 Å². The molecule has 2 aromatic carbocycles. The zero-order chi connectivity index (χ0) is 23.3. The van der Waals surface area contributed by atoms with Crippen molar-refractivity contribution in [2.24, 2.45) is 0 Å². The SMILES string of the molecule is COC(=O)c1cc(OC)c(OC)cc1NC(=O)c1ccc(N(C)S(=O)(=O)N(C)C)cc1. The van der Waals surface area contributed by atoms with E-state index in [1.807, 2.05) is 0 Å². The lowest BCUT2D eigenvalue weighted by atomic mass is 10.1. The Morgan fingerprint density at radius 3 is 1.94 bits per heavy atom. The third-order valence-electron chi connectivity index (χ3n) is 4.48. The summed E-state index contributed by atoms with van der Waals surface area (Å²) in [7, 11) is 4.69. The molecular weight excluding hydrogens is 426 g/mol. The summed E-state index contributed by atoms with van der Waals surface area (Å²) in [6, 6.07) is 8.83. The number of hydrogen-bond donors (Lipinski definition) is 1. The molecule has 0 saturated carbocycles. The van der Waals surface area contributed by atoms with E-state index in [-0.39, 0.29) is 16.8 Å². The van der Waals surface area contributed by atoms with Gasteiger partial charge in [-0.1, -0.05) is 0 Å². The minimum Gasteiger partial charge on any atom is -0.493 e. The molecule has 0 aliphatic rings. The van der Waals surface area contributed by atoms with Gasteiger partial charge in [-0.25, -0.2) is 4.79 Å². The van der Waals surface area contributed by atoms with Crippen LogP contribution in [0.25, 0.3) is 0 Å². The third kappa shape index (κ3) is 5.06. The molecule has 0 aromatic heterocycles. The van der Waals surface area contributed by atoms with Gasteiger partial charge in [0.1, 0.15) is 0 Å². The Hall–Kier alpha value is -3.31. The Bertz CT molecular complexity index is 1070. The quantitative estimate of drug-likeness (QED) is 0.611. The van der Waals surface area contributed by atoms with Gasteiger partial charge in [0, 0.05) is 38.8 Å². The molecule has 1 N–H and O–H groups in total. The molecule has 31 heavy (non-hydrogen) atoms. The number of ether oxygens (including phenoxy) is 3. The second-order valence-electron chi connectivity index (χ2n) is 6.50. The summed E-state index contributed by atoms with van der Waals surface area (Å²) in [5.41, 5.74) is 0.893. The van der Waals surface area contributed by atoms with E-state index in [1.165, 1.54) is 78.9 Å². The molecule has 0 spiro atoms. The lowest BCUT2D eigenvalue weighted by Crippen LogP contribution is -2.37. The number of hydrogen-bond acceptors (Lipinski definition) is 7. The summed E-state index contributed by atoms with van der Waals surface area (Å²) in [5, 5.41) is 2.65. The highest BCUT2D eigenvalue weighted by Gasteiger charge is 2.22. The Morgan fingerprint density at radius 1 is 0.903 bits per heavy atom. The van der Waals surface area contributed by atoms with Crippen molar-refractivity contribution in [3.63, 3.8) is 0 Å². The molecule has 0 atom stereocenters. The number of nitrogens with zero attached hydrogens (tertiary/aromatic N) is 2. The standard InChI is InChI=1S/C20H25N3O7S/c1-22(2)31(26,27)23(3)14-9-7-13(8-10-14)19(24)21-16-12-18(29-5)17(28-4)11-15(16)20(25)30-6/h7-12H,1-6H3,(H,21,24). The molecule has 2 aromatic rings. The number of rotatable bonds is 8. The number of carbonyl (C=O) groups is 2. The molecule has 10 nitrogen and oxygen atoms in total. The number of benzene rings is 2. The third-order valence-corrected chi connectivity index (χ3v) is 6.30. The largest absolute Gasteiger partial charge is 0.493 e. The minimum atomic E-state index is -3.66. The molecule has 0 unspecified atom stereocenters. The number of anilines is 2. The highest BCUT2D eigenvalue weighted by atomic mass is 32.2. The van der Waals surface area contributed by atoms with Crippen LogP contribution in [0, 0.1) is 0 Å². The van der Waals surface area contributed by atoms with E-state index in [0.29, 0.717) is 17.2 Å². The van der Waals surface area contributed by atoms with Gasteiger partial charge in [0.25, 0.3) is 5.91 Å². The molecule has 2 rings (SSSR count).